The number of unbranched alkanes of at least 4 members (excludes halogenated alkanes) is 13. The molecule has 0 radical (unpaired) electrons. The van der Waals surface area contributed by atoms with Gasteiger partial charge < -0.3 is 28.8 Å². The predicted molar refractivity (Wildman–Crippen MR) is 182 cm³/mol. The Bertz CT molecular complexity index is 825. The van der Waals surface area contributed by atoms with Crippen LogP contribution in [-0.2, 0) is 18.4 Å². The van der Waals surface area contributed by atoms with Crippen LogP contribution >= 0.6 is 7.82 Å². The smallest absolute Gasteiger partial charge is 0.268 e. The van der Waals surface area contributed by atoms with Crippen molar-refractivity contribution < 1.29 is 32.9 Å². The SMILES string of the molecule is CCCCCCCC/C=C/CC/C=C/CC/C=C/C(O)C(COP(=O)([O-])OCC[N+](C)(C)C)NC(=O)CCCCCCCC. The van der Waals surface area contributed by atoms with E-state index in [2.05, 4.69) is 43.5 Å². The lowest BCUT2D eigenvalue weighted by Gasteiger charge is -2.29. The minimum Gasteiger partial charge on any atom is -0.756 e. The number of nitrogens with zero attached hydrogens (tertiary/aromatic N) is 1. The van der Waals surface area contributed by atoms with E-state index in [0.717, 1.165) is 51.4 Å². The van der Waals surface area contributed by atoms with Crippen LogP contribution in [0.2, 0.25) is 0 Å². The van der Waals surface area contributed by atoms with E-state index in [1.54, 1.807) is 6.08 Å². The van der Waals surface area contributed by atoms with Crippen molar-refractivity contribution in [3.63, 3.8) is 0 Å². The largest absolute Gasteiger partial charge is 0.756 e. The second-order valence-electron chi connectivity index (χ2n) is 12.9. The molecule has 0 spiro atoms. The summed E-state index contributed by atoms with van der Waals surface area (Å²) in [5.41, 5.74) is 0. The molecule has 3 atom stereocenters. The number of hydrogen-bond acceptors (Lipinski definition) is 6. The lowest BCUT2D eigenvalue weighted by atomic mass is 10.1. The molecule has 0 rings (SSSR count). The molecular formula is C35H67N2O6P. The number of hydrogen-bond donors (Lipinski definition) is 2. The third-order valence-corrected chi connectivity index (χ3v) is 8.29. The van der Waals surface area contributed by atoms with Crippen molar-refractivity contribution in [1.29, 1.82) is 0 Å². The standard InChI is InChI=1S/C35H67N2O6P/c1-6-8-10-12-14-15-16-17-18-19-20-21-22-23-24-26-28-34(38)33(36-35(39)29-27-25-13-11-9-7-2)32-43-44(40,41)42-31-30-37(3,4)5/h17-18,21-22,26,28,33-34,38H,6-16,19-20,23-25,27,29-32H2,1-5H3,(H-,36,39,40,41)/b18-17+,22-21+,28-26+. The number of phosphoric acid groups is 1. The van der Waals surface area contributed by atoms with E-state index in [1.807, 2.05) is 27.2 Å². The molecule has 0 aliphatic heterocycles. The molecule has 8 nitrogen and oxygen atoms in total. The fraction of sp³-hybridized carbons (Fsp3) is 0.800. The van der Waals surface area contributed by atoms with Gasteiger partial charge in [-0.05, 0) is 44.9 Å². The zero-order valence-corrected chi connectivity index (χ0v) is 29.7. The minimum atomic E-state index is -4.58. The molecule has 0 heterocycles. The van der Waals surface area contributed by atoms with Crippen molar-refractivity contribution in [2.45, 2.75) is 142 Å². The molecule has 9 heteroatoms. The number of nitrogens with one attached hydrogen (secondary N) is 1. The van der Waals surface area contributed by atoms with Gasteiger partial charge >= 0.3 is 0 Å². The topological polar surface area (TPSA) is 108 Å². The van der Waals surface area contributed by atoms with Crippen LogP contribution in [0.5, 0.6) is 0 Å². The molecule has 0 aliphatic carbocycles. The van der Waals surface area contributed by atoms with E-state index in [9.17, 15) is 19.4 Å². The van der Waals surface area contributed by atoms with Gasteiger partial charge in [-0.15, -0.1) is 0 Å². The van der Waals surface area contributed by atoms with Gasteiger partial charge in [0.05, 0.1) is 39.9 Å². The Kier molecular flexibility index (Phi) is 27.2. The molecule has 258 valence electrons. The van der Waals surface area contributed by atoms with Crippen LogP contribution in [0.4, 0.5) is 0 Å². The minimum absolute atomic E-state index is 0.00914. The highest BCUT2D eigenvalue weighted by Crippen LogP contribution is 2.38. The Morgan fingerprint density at radius 2 is 1.27 bits per heavy atom. The number of carbonyl (C=O) groups is 1. The predicted octanol–water partition coefficient (Wildman–Crippen LogP) is 7.77. The monoisotopic (exact) mass is 642 g/mol. The second kappa shape index (κ2) is 28.0. The lowest BCUT2D eigenvalue weighted by Crippen LogP contribution is -2.45. The van der Waals surface area contributed by atoms with Gasteiger partial charge in [0, 0.05) is 6.42 Å². The normalized spacial score (nSPS) is 15.3. The Balaban J connectivity index is 4.61. The number of phosphoric ester groups is 1. The molecule has 0 saturated carbocycles. The number of rotatable bonds is 30. The van der Waals surface area contributed by atoms with Gasteiger partial charge in [-0.25, -0.2) is 0 Å². The molecular weight excluding hydrogens is 575 g/mol. The molecule has 1 amide bonds. The van der Waals surface area contributed by atoms with Crippen LogP contribution < -0.4 is 10.2 Å². The van der Waals surface area contributed by atoms with E-state index in [0.29, 0.717) is 17.4 Å². The maximum atomic E-state index is 12.6. The van der Waals surface area contributed by atoms with Crippen LogP contribution in [0, 0.1) is 0 Å². The lowest BCUT2D eigenvalue weighted by molar-refractivity contribution is -0.870. The summed E-state index contributed by atoms with van der Waals surface area (Å²) in [5.74, 6) is -0.225. The summed E-state index contributed by atoms with van der Waals surface area (Å²) in [6, 6.07) is -0.901. The number of aliphatic hydroxyl groups excluding tert-OH is 1. The molecule has 0 bridgehead atoms. The first-order chi connectivity index (χ1) is 21.0. The van der Waals surface area contributed by atoms with Gasteiger partial charge in [0.25, 0.3) is 7.82 Å². The zero-order chi connectivity index (χ0) is 32.9. The third-order valence-electron chi connectivity index (χ3n) is 7.33. The highest BCUT2D eigenvalue weighted by Gasteiger charge is 2.23. The van der Waals surface area contributed by atoms with E-state index < -0.39 is 26.6 Å². The molecule has 0 aliphatic rings. The van der Waals surface area contributed by atoms with Gasteiger partial charge in [-0.3, -0.25) is 9.36 Å². The maximum Gasteiger partial charge on any atom is 0.268 e. The first-order valence-corrected chi connectivity index (χ1v) is 18.8. The summed E-state index contributed by atoms with van der Waals surface area (Å²) in [7, 11) is 1.23. The summed E-state index contributed by atoms with van der Waals surface area (Å²) >= 11 is 0. The Hall–Kier alpha value is -1.28. The van der Waals surface area contributed by atoms with E-state index in [4.69, 9.17) is 9.05 Å². The average molecular weight is 643 g/mol. The van der Waals surface area contributed by atoms with Crippen molar-refractivity contribution in [1.82, 2.24) is 5.32 Å². The summed E-state index contributed by atoms with van der Waals surface area (Å²) in [4.78, 5) is 24.9. The third kappa shape index (κ3) is 29.4. The van der Waals surface area contributed by atoms with Crippen LogP contribution in [-0.4, -0.2) is 68.5 Å². The van der Waals surface area contributed by atoms with Gasteiger partial charge in [0.1, 0.15) is 13.2 Å². The summed E-state index contributed by atoms with van der Waals surface area (Å²) in [6.07, 6.45) is 30.7. The number of amides is 1. The van der Waals surface area contributed by atoms with Crippen LogP contribution in [0.25, 0.3) is 0 Å². The van der Waals surface area contributed by atoms with Crippen LogP contribution in [0.15, 0.2) is 36.5 Å². The Morgan fingerprint density at radius 1 is 0.773 bits per heavy atom. The molecule has 0 aromatic carbocycles. The van der Waals surface area contributed by atoms with Crippen molar-refractivity contribution in [3.8, 4) is 0 Å². The molecule has 0 aromatic heterocycles. The number of carbonyl (C=O) groups excluding carboxylic acids is 1. The summed E-state index contributed by atoms with van der Waals surface area (Å²) in [5, 5.41) is 13.6. The molecule has 0 aromatic rings. The van der Waals surface area contributed by atoms with E-state index >= 15 is 0 Å². The fourth-order valence-electron chi connectivity index (χ4n) is 4.47. The van der Waals surface area contributed by atoms with Crippen molar-refractivity contribution in [2.24, 2.45) is 0 Å². The number of quaternary nitrogens is 1. The summed E-state index contributed by atoms with van der Waals surface area (Å²) in [6.45, 7) is 4.50. The van der Waals surface area contributed by atoms with Crippen molar-refractivity contribution in [3.05, 3.63) is 36.5 Å². The highest BCUT2D eigenvalue weighted by atomic mass is 31.2. The van der Waals surface area contributed by atoms with E-state index in [-0.39, 0.29) is 12.5 Å². The fourth-order valence-corrected chi connectivity index (χ4v) is 5.20. The Labute approximate surface area is 270 Å². The average Bonchev–Trinajstić information content (AvgIpc) is 2.95. The Morgan fingerprint density at radius 3 is 1.84 bits per heavy atom. The van der Waals surface area contributed by atoms with Gasteiger partial charge in [-0.1, -0.05) is 115 Å². The summed E-state index contributed by atoms with van der Waals surface area (Å²) < 4.78 is 22.9. The molecule has 0 saturated heterocycles. The zero-order valence-electron chi connectivity index (χ0n) is 28.9. The quantitative estimate of drug-likeness (QED) is 0.0359. The van der Waals surface area contributed by atoms with Crippen LogP contribution in [0.1, 0.15) is 129 Å². The molecule has 3 unspecified atom stereocenters. The second-order valence-corrected chi connectivity index (χ2v) is 14.3. The number of allylic oxidation sites excluding steroid dienone is 5. The highest BCUT2D eigenvalue weighted by molar-refractivity contribution is 7.45. The number of likely N-dealkylation sites (N-methyl/N-ethyl adjacent to an activating group) is 1. The first kappa shape index (κ1) is 42.7. The van der Waals surface area contributed by atoms with Gasteiger partial charge in [-0.2, -0.15) is 0 Å². The number of aliphatic hydroxyl groups is 1. The van der Waals surface area contributed by atoms with E-state index in [1.165, 1.54) is 57.8 Å². The molecule has 0 fully saturated rings. The van der Waals surface area contributed by atoms with Crippen molar-refractivity contribution in [2.75, 3.05) is 40.9 Å². The molecule has 2 N–H and O–H groups in total. The van der Waals surface area contributed by atoms with Gasteiger partial charge in [0.15, 0.2) is 0 Å². The van der Waals surface area contributed by atoms with Crippen molar-refractivity contribution >= 4 is 13.7 Å². The van der Waals surface area contributed by atoms with Crippen LogP contribution in [0.3, 0.4) is 0 Å². The first-order valence-electron chi connectivity index (χ1n) is 17.4. The maximum absolute atomic E-state index is 12.6. The van der Waals surface area contributed by atoms with Gasteiger partial charge in [0.2, 0.25) is 5.91 Å². The molecule has 44 heavy (non-hydrogen) atoms.